The number of thiazole rings is 1. The van der Waals surface area contributed by atoms with Crippen molar-refractivity contribution in [1.29, 1.82) is 0 Å². The van der Waals surface area contributed by atoms with Crippen LogP contribution in [0, 0.1) is 0 Å². The fourth-order valence-corrected chi connectivity index (χ4v) is 1.55. The molecule has 0 aliphatic carbocycles. The van der Waals surface area contributed by atoms with Gasteiger partial charge in [-0.2, -0.15) is 0 Å². The number of ether oxygens (including phenoxy) is 1. The van der Waals surface area contributed by atoms with Gasteiger partial charge < -0.3 is 14.9 Å². The fraction of sp³-hybridized carbons (Fsp3) is 0.429. The Morgan fingerprint density at radius 2 is 2.54 bits per heavy atom. The average Bonchev–Trinajstić information content (AvgIpc) is 2.52. The second-order valence-corrected chi connectivity index (χ2v) is 3.28. The van der Waals surface area contributed by atoms with E-state index in [2.05, 4.69) is 4.98 Å². The van der Waals surface area contributed by atoms with E-state index in [1.165, 1.54) is 23.8 Å². The lowest BCUT2D eigenvalue weighted by Crippen LogP contribution is -2.10. The number of carboxylic acids is 1. The van der Waals surface area contributed by atoms with Gasteiger partial charge in [0.2, 0.25) is 0 Å². The maximum Gasteiger partial charge on any atom is 0.338 e. The molecule has 0 fully saturated rings. The zero-order valence-corrected chi connectivity index (χ0v) is 7.74. The molecule has 0 bridgehead atoms. The van der Waals surface area contributed by atoms with Crippen LogP contribution >= 0.6 is 11.3 Å². The Labute approximate surface area is 78.6 Å². The second-order valence-electron chi connectivity index (χ2n) is 2.34. The zero-order chi connectivity index (χ0) is 9.84. The molecule has 0 saturated heterocycles. The first-order valence-electron chi connectivity index (χ1n) is 3.49. The van der Waals surface area contributed by atoms with Crippen molar-refractivity contribution in [3.63, 3.8) is 0 Å². The summed E-state index contributed by atoms with van der Waals surface area (Å²) < 4.78 is 4.80. The first-order chi connectivity index (χ1) is 6.15. The Morgan fingerprint density at radius 1 is 1.85 bits per heavy atom. The van der Waals surface area contributed by atoms with Crippen LogP contribution in [-0.2, 0) is 16.1 Å². The van der Waals surface area contributed by atoms with E-state index in [1.54, 1.807) is 0 Å². The highest BCUT2D eigenvalue weighted by Crippen LogP contribution is 2.17. The number of methoxy groups -OCH3 is 1. The van der Waals surface area contributed by atoms with Crippen molar-refractivity contribution < 1.29 is 19.7 Å². The van der Waals surface area contributed by atoms with E-state index in [9.17, 15) is 4.79 Å². The quantitative estimate of drug-likeness (QED) is 0.740. The van der Waals surface area contributed by atoms with Gasteiger partial charge in [0.05, 0.1) is 12.3 Å². The predicted molar refractivity (Wildman–Crippen MR) is 45.4 cm³/mol. The fourth-order valence-electron chi connectivity index (χ4n) is 0.767. The number of nitrogens with zero attached hydrogens (tertiary/aromatic N) is 1. The maximum absolute atomic E-state index is 10.4. The summed E-state index contributed by atoms with van der Waals surface area (Å²) in [6.45, 7) is 0.330. The standard InChI is InChI=1S/C7H9NO4S/c1-12-2-5-8-4(3-13-5)6(9)7(10)11/h3,6,9H,2H2,1H3,(H,10,11). The molecule has 6 heteroatoms. The minimum absolute atomic E-state index is 0.157. The summed E-state index contributed by atoms with van der Waals surface area (Å²) in [6, 6.07) is 0. The van der Waals surface area contributed by atoms with E-state index in [1.807, 2.05) is 0 Å². The molecule has 0 saturated carbocycles. The van der Waals surface area contributed by atoms with Crippen LogP contribution in [0.25, 0.3) is 0 Å². The van der Waals surface area contributed by atoms with Crippen LogP contribution in [0.5, 0.6) is 0 Å². The first kappa shape index (κ1) is 10.1. The largest absolute Gasteiger partial charge is 0.479 e. The van der Waals surface area contributed by atoms with Gasteiger partial charge in [0, 0.05) is 12.5 Å². The van der Waals surface area contributed by atoms with Gasteiger partial charge >= 0.3 is 5.97 Å². The summed E-state index contributed by atoms with van der Waals surface area (Å²) >= 11 is 1.26. The molecule has 0 amide bonds. The summed E-state index contributed by atoms with van der Waals surface area (Å²) in [7, 11) is 1.52. The van der Waals surface area contributed by atoms with Gasteiger partial charge in [-0.25, -0.2) is 9.78 Å². The molecule has 0 spiro atoms. The van der Waals surface area contributed by atoms with E-state index < -0.39 is 12.1 Å². The molecule has 0 aliphatic rings. The third-order valence-corrected chi connectivity index (χ3v) is 2.19. The third-order valence-electron chi connectivity index (χ3n) is 1.35. The summed E-state index contributed by atoms with van der Waals surface area (Å²) in [5.41, 5.74) is 0.157. The normalized spacial score (nSPS) is 12.8. The van der Waals surface area contributed by atoms with Crippen LogP contribution in [0.1, 0.15) is 16.8 Å². The molecule has 0 aromatic carbocycles. The molecule has 1 aromatic heterocycles. The van der Waals surface area contributed by atoms with Crippen LogP contribution in [0.2, 0.25) is 0 Å². The number of carboxylic acid groups (broad SMARTS) is 1. The smallest absolute Gasteiger partial charge is 0.338 e. The van der Waals surface area contributed by atoms with Crippen LogP contribution in [0.3, 0.4) is 0 Å². The van der Waals surface area contributed by atoms with E-state index >= 15 is 0 Å². The van der Waals surface area contributed by atoms with Gasteiger partial charge in [0.15, 0.2) is 6.10 Å². The van der Waals surface area contributed by atoms with Crippen LogP contribution in [0.15, 0.2) is 5.38 Å². The molecule has 1 rings (SSSR count). The van der Waals surface area contributed by atoms with Gasteiger partial charge in [-0.3, -0.25) is 0 Å². The third kappa shape index (κ3) is 2.48. The topological polar surface area (TPSA) is 79.7 Å². The van der Waals surface area contributed by atoms with E-state index in [0.29, 0.717) is 11.6 Å². The zero-order valence-electron chi connectivity index (χ0n) is 6.93. The highest BCUT2D eigenvalue weighted by atomic mass is 32.1. The number of aromatic nitrogens is 1. The van der Waals surface area contributed by atoms with Gasteiger partial charge in [-0.05, 0) is 0 Å². The summed E-state index contributed by atoms with van der Waals surface area (Å²) in [5, 5.41) is 19.7. The highest BCUT2D eigenvalue weighted by molar-refractivity contribution is 7.09. The number of hydrogen-bond donors (Lipinski definition) is 2. The molecule has 1 aromatic rings. The molecule has 5 nitrogen and oxygen atoms in total. The Bertz CT molecular complexity index is 298. The van der Waals surface area contributed by atoms with Gasteiger partial charge in [-0.15, -0.1) is 11.3 Å². The molecular formula is C7H9NO4S. The van der Waals surface area contributed by atoms with Crippen LogP contribution in [0.4, 0.5) is 0 Å². The van der Waals surface area contributed by atoms with Crippen molar-refractivity contribution in [2.75, 3.05) is 7.11 Å². The Morgan fingerprint density at radius 3 is 3.08 bits per heavy atom. The van der Waals surface area contributed by atoms with Gasteiger partial charge in [-0.1, -0.05) is 0 Å². The number of carbonyl (C=O) groups is 1. The Hall–Kier alpha value is -0.980. The monoisotopic (exact) mass is 203 g/mol. The number of rotatable bonds is 4. The lowest BCUT2D eigenvalue weighted by molar-refractivity contribution is -0.147. The van der Waals surface area contributed by atoms with E-state index in [4.69, 9.17) is 14.9 Å². The lowest BCUT2D eigenvalue weighted by Gasteiger charge is -1.99. The van der Waals surface area contributed by atoms with Crippen molar-refractivity contribution in [2.45, 2.75) is 12.7 Å². The molecule has 0 radical (unpaired) electrons. The van der Waals surface area contributed by atoms with Crippen molar-refractivity contribution in [3.05, 3.63) is 16.1 Å². The van der Waals surface area contributed by atoms with Crippen molar-refractivity contribution >= 4 is 17.3 Å². The maximum atomic E-state index is 10.4. The van der Waals surface area contributed by atoms with Gasteiger partial charge in [0.1, 0.15) is 5.01 Å². The summed E-state index contributed by atoms with van der Waals surface area (Å²) in [6.07, 6.45) is -1.54. The second kappa shape index (κ2) is 4.31. The number of aliphatic hydroxyl groups excluding tert-OH is 1. The molecule has 72 valence electrons. The summed E-state index contributed by atoms with van der Waals surface area (Å²) in [4.78, 5) is 14.2. The molecule has 1 unspecified atom stereocenters. The minimum Gasteiger partial charge on any atom is -0.479 e. The van der Waals surface area contributed by atoms with E-state index in [-0.39, 0.29) is 5.69 Å². The molecule has 13 heavy (non-hydrogen) atoms. The molecule has 0 aliphatic heterocycles. The highest BCUT2D eigenvalue weighted by Gasteiger charge is 2.18. The molecule has 1 atom stereocenters. The number of hydrogen-bond acceptors (Lipinski definition) is 5. The molecule has 2 N–H and O–H groups in total. The average molecular weight is 203 g/mol. The Balaban J connectivity index is 2.73. The van der Waals surface area contributed by atoms with Gasteiger partial charge in [0.25, 0.3) is 0 Å². The Kier molecular flexibility index (Phi) is 3.35. The van der Waals surface area contributed by atoms with Crippen LogP contribution in [-0.4, -0.2) is 28.3 Å². The SMILES string of the molecule is COCc1nc(C(O)C(=O)O)cs1. The van der Waals surface area contributed by atoms with Crippen molar-refractivity contribution in [2.24, 2.45) is 0 Å². The predicted octanol–water partition coefficient (Wildman–Crippen LogP) is 0.407. The number of aliphatic carboxylic acids is 1. The lowest BCUT2D eigenvalue weighted by atomic mass is 10.3. The van der Waals surface area contributed by atoms with Crippen molar-refractivity contribution in [1.82, 2.24) is 4.98 Å². The minimum atomic E-state index is -1.54. The molecular weight excluding hydrogens is 194 g/mol. The molecule has 1 heterocycles. The summed E-state index contributed by atoms with van der Waals surface area (Å²) in [5.74, 6) is -1.30. The number of aliphatic hydroxyl groups is 1. The van der Waals surface area contributed by atoms with Crippen LogP contribution < -0.4 is 0 Å². The van der Waals surface area contributed by atoms with Crippen molar-refractivity contribution in [3.8, 4) is 0 Å². The van der Waals surface area contributed by atoms with E-state index in [0.717, 1.165) is 0 Å². The first-order valence-corrected chi connectivity index (χ1v) is 4.37.